The maximum atomic E-state index is 12.2. The third kappa shape index (κ3) is 6.46. The van der Waals surface area contributed by atoms with Crippen LogP contribution in [0.15, 0.2) is 42.5 Å². The Balaban J connectivity index is 1.70. The first-order chi connectivity index (χ1) is 11.8. The summed E-state index contributed by atoms with van der Waals surface area (Å²) in [7, 11) is 0. The maximum absolute atomic E-state index is 12.2. The molecule has 1 aromatic rings. The Morgan fingerprint density at radius 2 is 1.96 bits per heavy atom. The lowest BCUT2D eigenvalue weighted by molar-refractivity contribution is 0.0240. The second-order valence-electron chi connectivity index (χ2n) is 6.70. The van der Waals surface area contributed by atoms with Gasteiger partial charge in [0.1, 0.15) is 12.2 Å². The first-order valence-electron chi connectivity index (χ1n) is 8.21. The van der Waals surface area contributed by atoms with E-state index >= 15 is 0 Å². The Bertz CT molecular complexity index is 610. The van der Waals surface area contributed by atoms with Crippen molar-refractivity contribution in [2.75, 3.05) is 13.1 Å². The number of ether oxygens (including phenoxy) is 2. The summed E-state index contributed by atoms with van der Waals surface area (Å²) in [6.45, 7) is 6.52. The molecule has 1 aliphatic heterocycles. The van der Waals surface area contributed by atoms with Crippen LogP contribution in [0.1, 0.15) is 26.3 Å². The quantitative estimate of drug-likeness (QED) is 0.632. The topological polar surface area (TPSA) is 79.9 Å². The van der Waals surface area contributed by atoms with Gasteiger partial charge in [0.05, 0.1) is 6.04 Å². The van der Waals surface area contributed by atoms with E-state index in [1.54, 1.807) is 4.90 Å². The molecule has 0 bridgehead atoms. The van der Waals surface area contributed by atoms with Gasteiger partial charge in [0, 0.05) is 13.1 Å². The zero-order valence-electron chi connectivity index (χ0n) is 14.8. The summed E-state index contributed by atoms with van der Waals surface area (Å²) in [5, 5.41) is 0. The monoisotopic (exact) mass is 347 g/mol. The van der Waals surface area contributed by atoms with Crippen molar-refractivity contribution < 1.29 is 19.1 Å². The molecule has 0 fully saturated rings. The lowest BCUT2D eigenvalue weighted by atomic mass is 10.2. The molecule has 0 saturated carbocycles. The normalized spacial score (nSPS) is 16.6. The molecular formula is C18H25N3O4. The number of hydrogen-bond donors (Lipinski definition) is 2. The molecule has 0 aliphatic carbocycles. The van der Waals surface area contributed by atoms with Crippen LogP contribution in [-0.2, 0) is 16.1 Å². The molecule has 7 heteroatoms. The summed E-state index contributed by atoms with van der Waals surface area (Å²) >= 11 is 0. The van der Waals surface area contributed by atoms with Gasteiger partial charge in [-0.15, -0.1) is 0 Å². The first-order valence-corrected chi connectivity index (χ1v) is 8.21. The van der Waals surface area contributed by atoms with Crippen LogP contribution in [0.3, 0.4) is 0 Å². The van der Waals surface area contributed by atoms with E-state index in [4.69, 9.17) is 9.47 Å². The fraction of sp³-hybridized carbons (Fsp3) is 0.444. The average Bonchev–Trinajstić information content (AvgIpc) is 3.01. The number of carbonyl (C=O) groups excluding carboxylic acids is 2. The third-order valence-electron chi connectivity index (χ3n) is 3.40. The van der Waals surface area contributed by atoms with E-state index in [-0.39, 0.29) is 18.7 Å². The van der Waals surface area contributed by atoms with Gasteiger partial charge < -0.3 is 9.47 Å². The number of hydrogen-bond acceptors (Lipinski definition) is 5. The number of nitrogens with one attached hydrogen (secondary N) is 2. The van der Waals surface area contributed by atoms with Crippen molar-refractivity contribution >= 4 is 12.2 Å². The number of nitrogens with zero attached hydrogens (tertiary/aromatic N) is 1. The van der Waals surface area contributed by atoms with Gasteiger partial charge in [0.2, 0.25) is 0 Å². The van der Waals surface area contributed by atoms with Gasteiger partial charge in [-0.05, 0) is 26.3 Å². The van der Waals surface area contributed by atoms with Gasteiger partial charge in [0.15, 0.2) is 0 Å². The highest BCUT2D eigenvalue weighted by atomic mass is 16.6. The SMILES string of the molecule is CC(C)(C)OC(=O)N1CC=CC1CNNC(=O)OCc1ccccc1. The minimum absolute atomic E-state index is 0.190. The first kappa shape index (κ1) is 18.8. The van der Waals surface area contributed by atoms with Crippen molar-refractivity contribution in [2.45, 2.75) is 39.0 Å². The Kier molecular flexibility index (Phi) is 6.41. The fourth-order valence-electron chi connectivity index (χ4n) is 2.27. The van der Waals surface area contributed by atoms with Crippen molar-refractivity contribution in [3.63, 3.8) is 0 Å². The highest BCUT2D eigenvalue weighted by molar-refractivity contribution is 5.70. The van der Waals surface area contributed by atoms with Crippen LogP contribution >= 0.6 is 0 Å². The molecule has 2 amide bonds. The second-order valence-corrected chi connectivity index (χ2v) is 6.70. The molecule has 1 unspecified atom stereocenters. The summed E-state index contributed by atoms with van der Waals surface area (Å²) in [6, 6.07) is 9.23. The summed E-state index contributed by atoms with van der Waals surface area (Å²) in [6.07, 6.45) is 2.84. The standard InChI is InChI=1S/C18H25N3O4/c1-18(2,3)25-17(23)21-11-7-10-15(21)12-19-20-16(22)24-13-14-8-5-4-6-9-14/h4-10,15,19H,11-13H2,1-3H3,(H,20,22). The highest BCUT2D eigenvalue weighted by Gasteiger charge is 2.28. The molecule has 1 aromatic carbocycles. The van der Waals surface area contributed by atoms with Gasteiger partial charge in [-0.2, -0.15) is 0 Å². The van der Waals surface area contributed by atoms with Crippen molar-refractivity contribution in [3.05, 3.63) is 48.0 Å². The number of amides is 2. The van der Waals surface area contributed by atoms with Crippen molar-refractivity contribution in [1.82, 2.24) is 15.8 Å². The molecule has 0 spiro atoms. The van der Waals surface area contributed by atoms with E-state index in [1.165, 1.54) is 0 Å². The average molecular weight is 347 g/mol. The van der Waals surface area contributed by atoms with Crippen LogP contribution in [0.2, 0.25) is 0 Å². The van der Waals surface area contributed by atoms with Gasteiger partial charge in [-0.1, -0.05) is 42.5 Å². The van der Waals surface area contributed by atoms with Gasteiger partial charge in [-0.25, -0.2) is 15.0 Å². The molecule has 2 rings (SSSR count). The Morgan fingerprint density at radius 1 is 1.24 bits per heavy atom. The molecule has 0 radical (unpaired) electrons. The van der Waals surface area contributed by atoms with E-state index in [0.29, 0.717) is 13.1 Å². The lowest BCUT2D eigenvalue weighted by Gasteiger charge is -2.28. The highest BCUT2D eigenvalue weighted by Crippen LogP contribution is 2.15. The largest absolute Gasteiger partial charge is 0.444 e. The van der Waals surface area contributed by atoms with Crippen LogP contribution in [0, 0.1) is 0 Å². The molecule has 1 heterocycles. The minimum atomic E-state index is -0.574. The molecule has 1 aliphatic rings. The summed E-state index contributed by atoms with van der Waals surface area (Å²) < 4.78 is 10.5. The van der Waals surface area contributed by atoms with E-state index < -0.39 is 11.7 Å². The summed E-state index contributed by atoms with van der Waals surface area (Å²) in [5.74, 6) is 0. The van der Waals surface area contributed by atoms with Crippen molar-refractivity contribution in [3.8, 4) is 0 Å². The maximum Gasteiger partial charge on any atom is 0.421 e. The zero-order chi connectivity index (χ0) is 18.3. The Hall–Kier alpha value is -2.54. The van der Waals surface area contributed by atoms with E-state index in [0.717, 1.165) is 5.56 Å². The van der Waals surface area contributed by atoms with Gasteiger partial charge >= 0.3 is 12.2 Å². The molecule has 0 aromatic heterocycles. The molecule has 2 N–H and O–H groups in total. The Labute approximate surface area is 147 Å². The smallest absolute Gasteiger partial charge is 0.421 e. The van der Waals surface area contributed by atoms with Gasteiger partial charge in [-0.3, -0.25) is 10.3 Å². The number of carbonyl (C=O) groups is 2. The molecule has 7 nitrogen and oxygen atoms in total. The molecule has 1 atom stereocenters. The molecular weight excluding hydrogens is 322 g/mol. The fourth-order valence-corrected chi connectivity index (χ4v) is 2.27. The van der Waals surface area contributed by atoms with Gasteiger partial charge in [0.25, 0.3) is 0 Å². The third-order valence-corrected chi connectivity index (χ3v) is 3.40. The van der Waals surface area contributed by atoms with Crippen LogP contribution in [0.25, 0.3) is 0 Å². The number of benzene rings is 1. The van der Waals surface area contributed by atoms with E-state index in [9.17, 15) is 9.59 Å². The van der Waals surface area contributed by atoms with Crippen molar-refractivity contribution in [2.24, 2.45) is 0 Å². The molecule has 0 saturated heterocycles. The number of rotatable bonds is 5. The predicted molar refractivity (Wildman–Crippen MR) is 93.6 cm³/mol. The van der Waals surface area contributed by atoms with Crippen LogP contribution in [0.4, 0.5) is 9.59 Å². The van der Waals surface area contributed by atoms with Crippen LogP contribution < -0.4 is 10.9 Å². The molecule has 25 heavy (non-hydrogen) atoms. The van der Waals surface area contributed by atoms with Crippen LogP contribution in [0.5, 0.6) is 0 Å². The minimum Gasteiger partial charge on any atom is -0.444 e. The predicted octanol–water partition coefficient (Wildman–Crippen LogP) is 2.59. The summed E-state index contributed by atoms with van der Waals surface area (Å²) in [4.78, 5) is 25.4. The van der Waals surface area contributed by atoms with E-state index in [1.807, 2.05) is 63.3 Å². The van der Waals surface area contributed by atoms with E-state index in [2.05, 4.69) is 10.9 Å². The van der Waals surface area contributed by atoms with Crippen molar-refractivity contribution in [1.29, 1.82) is 0 Å². The second kappa shape index (κ2) is 8.53. The molecule has 136 valence electrons. The lowest BCUT2D eigenvalue weighted by Crippen LogP contribution is -2.48. The van der Waals surface area contributed by atoms with Crippen LogP contribution in [-0.4, -0.2) is 41.8 Å². The Morgan fingerprint density at radius 3 is 2.64 bits per heavy atom. The summed E-state index contributed by atoms with van der Waals surface area (Å²) in [5.41, 5.74) is 5.61. The zero-order valence-corrected chi connectivity index (χ0v) is 14.8. The number of hydrazine groups is 1.